The van der Waals surface area contributed by atoms with E-state index in [0.717, 1.165) is 22.8 Å². The van der Waals surface area contributed by atoms with Gasteiger partial charge in [-0.2, -0.15) is 0 Å². The molecule has 0 bridgehead atoms. The second-order valence-corrected chi connectivity index (χ2v) is 12.7. The van der Waals surface area contributed by atoms with Gasteiger partial charge in [0.25, 0.3) is 0 Å². The van der Waals surface area contributed by atoms with Gasteiger partial charge < -0.3 is 61.6 Å². The predicted molar refractivity (Wildman–Crippen MR) is 225 cm³/mol. The van der Waals surface area contributed by atoms with Gasteiger partial charge in [-0.05, 0) is 16.7 Å². The zero-order valence-electron chi connectivity index (χ0n) is 35.1. The Kier molecular flexibility index (Phi) is 30.5. The van der Waals surface area contributed by atoms with Crippen LogP contribution in [0, 0.1) is 0 Å². The third-order valence-electron chi connectivity index (χ3n) is 8.45. The molecule has 0 amide bonds. The van der Waals surface area contributed by atoms with Gasteiger partial charge >= 0.3 is 5.97 Å². The van der Waals surface area contributed by atoms with Crippen LogP contribution in [-0.2, 0) is 72.0 Å². The molecule has 0 heterocycles. The van der Waals surface area contributed by atoms with Crippen molar-refractivity contribution in [2.75, 3.05) is 159 Å². The minimum Gasteiger partial charge on any atom is -0.460 e. The molecule has 0 unspecified atom stereocenters. The fourth-order valence-electron chi connectivity index (χ4n) is 5.58. The van der Waals surface area contributed by atoms with Gasteiger partial charge in [0, 0.05) is 6.08 Å². The van der Waals surface area contributed by atoms with Crippen molar-refractivity contribution in [3.05, 3.63) is 120 Å². The van der Waals surface area contributed by atoms with Crippen molar-refractivity contribution in [3.8, 4) is 0 Å². The fourth-order valence-corrected chi connectivity index (χ4v) is 5.58. The van der Waals surface area contributed by atoms with E-state index in [4.69, 9.17) is 61.6 Å². The van der Waals surface area contributed by atoms with Gasteiger partial charge in [-0.3, -0.25) is 0 Å². The van der Waals surface area contributed by atoms with Crippen molar-refractivity contribution < 1.29 is 66.4 Å². The lowest BCUT2D eigenvalue weighted by molar-refractivity contribution is -0.139. The third kappa shape index (κ3) is 23.4. The minimum atomic E-state index is -0.758. The molecule has 14 nitrogen and oxygen atoms in total. The maximum atomic E-state index is 10.9. The second-order valence-electron chi connectivity index (χ2n) is 12.7. The Bertz CT molecular complexity index is 1320. The van der Waals surface area contributed by atoms with E-state index in [2.05, 4.69) is 43.0 Å². The minimum absolute atomic E-state index is 0.194. The molecule has 0 saturated carbocycles. The Hall–Kier alpha value is -3.61. The highest BCUT2D eigenvalue weighted by molar-refractivity contribution is 5.81. The number of rotatable bonds is 41. The maximum absolute atomic E-state index is 10.9. The van der Waals surface area contributed by atoms with Gasteiger partial charge in [-0.1, -0.05) is 97.6 Å². The molecule has 0 N–H and O–H groups in total. The molecule has 0 radical (unpaired) electrons. The normalized spacial score (nSPS) is 11.5. The van der Waals surface area contributed by atoms with E-state index >= 15 is 0 Å². The highest BCUT2D eigenvalue weighted by Gasteiger charge is 2.37. The smallest absolute Gasteiger partial charge is 0.330 e. The number of esters is 1. The Morgan fingerprint density at radius 3 is 0.800 bits per heavy atom. The largest absolute Gasteiger partial charge is 0.460 e. The van der Waals surface area contributed by atoms with Crippen LogP contribution in [0.15, 0.2) is 104 Å². The lowest BCUT2D eigenvalue weighted by Gasteiger charge is -2.36. The average Bonchev–Trinajstić information content (AvgIpc) is 3.29. The fraction of sp³-hybridized carbons (Fsp3) is 0.543. The lowest BCUT2D eigenvalue weighted by atomic mass is 9.80. The number of hydrogen-bond acceptors (Lipinski definition) is 14. The first-order valence-electron chi connectivity index (χ1n) is 20.7. The Labute approximate surface area is 356 Å². The molecule has 0 aliphatic carbocycles. The highest BCUT2D eigenvalue weighted by atomic mass is 16.6. The van der Waals surface area contributed by atoms with E-state index in [1.165, 1.54) is 0 Å². The summed E-state index contributed by atoms with van der Waals surface area (Å²) in [7, 11) is 0. The first kappa shape index (κ1) is 50.7. The molecule has 0 aliphatic heterocycles. The number of carbonyl (C=O) groups is 1. The summed E-state index contributed by atoms with van der Waals surface area (Å²) in [6.07, 6.45) is 1.11. The van der Waals surface area contributed by atoms with E-state index in [-0.39, 0.29) is 6.61 Å². The van der Waals surface area contributed by atoms with Crippen molar-refractivity contribution >= 4 is 5.97 Å². The first-order valence-corrected chi connectivity index (χ1v) is 20.7. The quantitative estimate of drug-likeness (QED) is 0.0331. The molecular weight excluding hydrogens is 776 g/mol. The van der Waals surface area contributed by atoms with Crippen LogP contribution in [0.25, 0.3) is 0 Å². The summed E-state index contributed by atoms with van der Waals surface area (Å²) in [5, 5.41) is 0. The summed E-state index contributed by atoms with van der Waals surface area (Å²) >= 11 is 0. The molecule has 3 rings (SSSR count). The molecule has 0 fully saturated rings. The molecule has 0 atom stereocenters. The van der Waals surface area contributed by atoms with E-state index in [1.54, 1.807) is 0 Å². The molecule has 14 heteroatoms. The number of hydrogen-bond donors (Lipinski definition) is 0. The standard InChI is InChI=1S/C46H66O14/c1-2-45(47)59-40-38-57-36-34-55-32-30-53-28-26-51-24-22-49-20-18-48-19-21-50-23-25-52-27-29-54-31-33-56-35-37-58-39-41-60-46(42-12-6-3-7-13-42,43-14-8-4-9-15-43)44-16-10-5-11-17-44/h2-17H,1,18-41H2. The number of carbonyl (C=O) groups excluding carboxylic acids is 1. The molecule has 334 valence electrons. The molecule has 0 spiro atoms. The topological polar surface area (TPSA) is 137 Å². The van der Waals surface area contributed by atoms with Gasteiger partial charge in [0.05, 0.1) is 152 Å². The van der Waals surface area contributed by atoms with E-state index in [0.29, 0.717) is 152 Å². The Morgan fingerprint density at radius 2 is 0.567 bits per heavy atom. The predicted octanol–water partition coefficient (Wildman–Crippen LogP) is 4.91. The molecule has 3 aromatic carbocycles. The summed E-state index contributed by atoms with van der Waals surface area (Å²) in [5.74, 6) is -0.462. The maximum Gasteiger partial charge on any atom is 0.330 e. The van der Waals surface area contributed by atoms with Gasteiger partial charge in [0.1, 0.15) is 12.2 Å². The van der Waals surface area contributed by atoms with Crippen LogP contribution >= 0.6 is 0 Å². The summed E-state index contributed by atoms with van der Waals surface area (Å²) in [6.45, 7) is 14.2. The van der Waals surface area contributed by atoms with Crippen LogP contribution in [-0.4, -0.2) is 165 Å². The molecular formula is C46H66O14. The number of benzene rings is 3. The summed E-state index contributed by atoms with van der Waals surface area (Å²) in [5.41, 5.74) is 2.43. The van der Waals surface area contributed by atoms with Crippen LogP contribution in [0.2, 0.25) is 0 Å². The van der Waals surface area contributed by atoms with E-state index in [1.807, 2.05) is 54.6 Å². The molecule has 0 aromatic heterocycles. The zero-order valence-corrected chi connectivity index (χ0v) is 35.1. The zero-order chi connectivity index (χ0) is 42.3. The van der Waals surface area contributed by atoms with Gasteiger partial charge in [-0.25, -0.2) is 4.79 Å². The second kappa shape index (κ2) is 36.1. The third-order valence-corrected chi connectivity index (χ3v) is 8.45. The van der Waals surface area contributed by atoms with Crippen molar-refractivity contribution in [2.45, 2.75) is 5.60 Å². The van der Waals surface area contributed by atoms with Crippen LogP contribution in [0.4, 0.5) is 0 Å². The van der Waals surface area contributed by atoms with E-state index in [9.17, 15) is 4.79 Å². The van der Waals surface area contributed by atoms with Crippen molar-refractivity contribution in [3.63, 3.8) is 0 Å². The molecule has 0 aliphatic rings. The van der Waals surface area contributed by atoms with Crippen LogP contribution < -0.4 is 0 Å². The van der Waals surface area contributed by atoms with Gasteiger partial charge in [-0.15, -0.1) is 0 Å². The van der Waals surface area contributed by atoms with Gasteiger partial charge in [0.2, 0.25) is 0 Å². The Morgan fingerprint density at radius 1 is 0.350 bits per heavy atom. The lowest BCUT2D eigenvalue weighted by Crippen LogP contribution is -2.34. The summed E-state index contributed by atoms with van der Waals surface area (Å²) in [4.78, 5) is 10.9. The monoisotopic (exact) mass is 842 g/mol. The summed E-state index contributed by atoms with van der Waals surface area (Å²) < 4.78 is 72.3. The molecule has 3 aromatic rings. The summed E-state index contributed by atoms with van der Waals surface area (Å²) in [6, 6.07) is 30.9. The van der Waals surface area contributed by atoms with E-state index < -0.39 is 11.6 Å². The molecule has 60 heavy (non-hydrogen) atoms. The average molecular weight is 843 g/mol. The van der Waals surface area contributed by atoms with Gasteiger partial charge in [0.15, 0.2) is 0 Å². The highest BCUT2D eigenvalue weighted by Crippen LogP contribution is 2.40. The SMILES string of the molecule is C=CC(=O)OCCOCCOCCOCCOCCOCCOCCOCCOCCOCCOCCOCCOC(c1ccccc1)(c1ccccc1)c1ccccc1. The number of ether oxygens (including phenoxy) is 13. The van der Waals surface area contributed by atoms with Crippen molar-refractivity contribution in [1.29, 1.82) is 0 Å². The van der Waals surface area contributed by atoms with Crippen LogP contribution in [0.1, 0.15) is 16.7 Å². The Balaban J connectivity index is 1.01. The molecule has 0 saturated heterocycles. The van der Waals surface area contributed by atoms with Crippen molar-refractivity contribution in [2.24, 2.45) is 0 Å². The van der Waals surface area contributed by atoms with Crippen LogP contribution in [0.5, 0.6) is 0 Å². The first-order chi connectivity index (χ1) is 29.8. The van der Waals surface area contributed by atoms with Crippen LogP contribution in [0.3, 0.4) is 0 Å². The van der Waals surface area contributed by atoms with Crippen molar-refractivity contribution in [1.82, 2.24) is 0 Å².